The van der Waals surface area contributed by atoms with Crippen LogP contribution < -0.4 is 0 Å². The second kappa shape index (κ2) is 39.4. The van der Waals surface area contributed by atoms with E-state index in [1.807, 2.05) is 0 Å². The van der Waals surface area contributed by atoms with E-state index in [9.17, 15) is 0 Å². The molecule has 0 aliphatic heterocycles. The zero-order valence-corrected chi connectivity index (χ0v) is 7.74. The monoisotopic (exact) mass is 159 g/mol. The zero-order valence-electron chi connectivity index (χ0n) is 3.71. The van der Waals surface area contributed by atoms with Gasteiger partial charge in [0.2, 0.25) is 0 Å². The third-order valence-electron chi connectivity index (χ3n) is 0. The van der Waals surface area contributed by atoms with Crippen LogP contribution in [0.5, 0.6) is 0 Å². The maximum absolute atomic E-state index is 0. The molecule has 1 heteroatoms. The van der Waals surface area contributed by atoms with E-state index in [1.165, 1.54) is 0 Å². The van der Waals surface area contributed by atoms with Crippen molar-refractivity contribution in [1.29, 1.82) is 0 Å². The van der Waals surface area contributed by atoms with E-state index in [1.54, 1.807) is 0 Å². The zero-order chi connectivity index (χ0) is 0. The van der Waals surface area contributed by atoms with E-state index in [-0.39, 0.29) is 49.6 Å². The van der Waals surface area contributed by atoms with Crippen molar-refractivity contribution in [3.05, 3.63) is 22.3 Å². The fraction of sp³-hybridized carbons (Fsp3) is 0. The molecular formula is C3H9Cd-3. The molecule has 0 aliphatic rings. The molecule has 0 spiro atoms. The average Bonchev–Trinajstić information content (AvgIpc) is 0. The van der Waals surface area contributed by atoms with Gasteiger partial charge >= 0.3 is 0 Å². The summed E-state index contributed by atoms with van der Waals surface area (Å²) in [6.45, 7) is 0. The van der Waals surface area contributed by atoms with Gasteiger partial charge in [-0.05, 0) is 0 Å². The molecule has 0 aromatic carbocycles. The summed E-state index contributed by atoms with van der Waals surface area (Å²) in [5, 5.41) is 0. The maximum Gasteiger partial charge on any atom is 0 e. The van der Waals surface area contributed by atoms with Crippen molar-refractivity contribution in [3.63, 3.8) is 0 Å². The van der Waals surface area contributed by atoms with E-state index < -0.39 is 0 Å². The summed E-state index contributed by atoms with van der Waals surface area (Å²) in [6, 6.07) is 0. The Bertz CT molecular complexity index is 3.25. The van der Waals surface area contributed by atoms with Gasteiger partial charge in [-0.3, -0.25) is 0 Å². The molecule has 0 rings (SSSR count). The second-order valence-electron chi connectivity index (χ2n) is 0. The van der Waals surface area contributed by atoms with Gasteiger partial charge in [-0.1, -0.05) is 0 Å². The molecule has 0 aromatic heterocycles. The molecule has 0 saturated heterocycles. The van der Waals surface area contributed by atoms with Gasteiger partial charge in [0.25, 0.3) is 0 Å². The van der Waals surface area contributed by atoms with E-state index in [2.05, 4.69) is 0 Å². The Hall–Kier alpha value is 0.922. The Morgan fingerprint density at radius 2 is 0.500 bits per heavy atom. The average molecular weight is 158 g/mol. The minimum atomic E-state index is 0. The first kappa shape index (κ1) is 89.1. The number of hydrogen-bond acceptors (Lipinski definition) is 0. The van der Waals surface area contributed by atoms with Crippen LogP contribution in [0.2, 0.25) is 0 Å². The molecule has 0 radical (unpaired) electrons. The van der Waals surface area contributed by atoms with Gasteiger partial charge in [0.05, 0.1) is 0 Å². The van der Waals surface area contributed by atoms with Crippen molar-refractivity contribution in [3.8, 4) is 0 Å². The number of rotatable bonds is 0. The SMILES string of the molecule is [CH3-].[CH3-].[CH3-].[Cd]. The molecule has 0 N–H and O–H groups in total. The Kier molecular flexibility index (Phi) is 877. The van der Waals surface area contributed by atoms with Crippen molar-refractivity contribution in [2.45, 2.75) is 0 Å². The quantitative estimate of drug-likeness (QED) is 0.368. The maximum atomic E-state index is 0. The van der Waals surface area contributed by atoms with Crippen LogP contribution in [-0.4, -0.2) is 0 Å². The molecule has 0 bridgehead atoms. The first-order valence-electron chi connectivity index (χ1n) is 0. The predicted molar refractivity (Wildman–Crippen MR) is 19.2 cm³/mol. The minimum Gasteiger partial charge on any atom is -0.358 e. The topological polar surface area (TPSA) is 0 Å². The van der Waals surface area contributed by atoms with E-state index >= 15 is 0 Å². The van der Waals surface area contributed by atoms with Gasteiger partial charge in [-0.2, -0.15) is 0 Å². The van der Waals surface area contributed by atoms with Crippen LogP contribution in [0.1, 0.15) is 0 Å². The molecule has 0 atom stereocenters. The Labute approximate surface area is 49.8 Å². The summed E-state index contributed by atoms with van der Waals surface area (Å²) in [5.41, 5.74) is 0. The van der Waals surface area contributed by atoms with Gasteiger partial charge in [0.1, 0.15) is 0 Å². The Balaban J connectivity index is 0. The molecule has 0 heterocycles. The molecule has 0 fully saturated rings. The van der Waals surface area contributed by atoms with Crippen molar-refractivity contribution >= 4 is 0 Å². The summed E-state index contributed by atoms with van der Waals surface area (Å²) in [4.78, 5) is 0. The molecule has 0 amide bonds. The third-order valence-corrected chi connectivity index (χ3v) is 0. The van der Waals surface area contributed by atoms with Crippen LogP contribution in [-0.2, 0) is 27.3 Å². The molecule has 4 heavy (non-hydrogen) atoms. The summed E-state index contributed by atoms with van der Waals surface area (Å²) in [6.07, 6.45) is 0. The summed E-state index contributed by atoms with van der Waals surface area (Å²) >= 11 is 0. The molecule has 0 aliphatic carbocycles. The number of hydrogen-bond donors (Lipinski definition) is 0. The standard InChI is InChI=1S/3CH3.Cd/h3*1H3;/q3*-1;. The van der Waals surface area contributed by atoms with Crippen LogP contribution in [0.15, 0.2) is 0 Å². The Morgan fingerprint density at radius 3 is 0.500 bits per heavy atom. The van der Waals surface area contributed by atoms with E-state index in [0.29, 0.717) is 0 Å². The van der Waals surface area contributed by atoms with Crippen molar-refractivity contribution in [2.24, 2.45) is 0 Å². The molecule has 0 unspecified atom stereocenters. The van der Waals surface area contributed by atoms with Crippen molar-refractivity contribution in [1.82, 2.24) is 0 Å². The smallest absolute Gasteiger partial charge is 0 e. The van der Waals surface area contributed by atoms with Crippen molar-refractivity contribution < 1.29 is 27.3 Å². The van der Waals surface area contributed by atoms with Crippen LogP contribution in [0.3, 0.4) is 0 Å². The van der Waals surface area contributed by atoms with Gasteiger partial charge < -0.3 is 22.3 Å². The molecule has 0 nitrogen and oxygen atoms in total. The van der Waals surface area contributed by atoms with Gasteiger partial charge in [0, 0.05) is 27.3 Å². The minimum absolute atomic E-state index is 0. The fourth-order valence-corrected chi connectivity index (χ4v) is 0. The molecule has 0 saturated carbocycles. The van der Waals surface area contributed by atoms with E-state index in [0.717, 1.165) is 0 Å². The second-order valence-corrected chi connectivity index (χ2v) is 0. The van der Waals surface area contributed by atoms with Crippen molar-refractivity contribution in [2.75, 3.05) is 0 Å². The fourth-order valence-electron chi connectivity index (χ4n) is 0. The molecule has 0 aromatic rings. The normalized spacial score (nSPS) is 0. The van der Waals surface area contributed by atoms with Crippen LogP contribution >= 0.6 is 0 Å². The largest absolute Gasteiger partial charge is 0.358 e. The van der Waals surface area contributed by atoms with Crippen LogP contribution in [0.4, 0.5) is 0 Å². The molecule has 26 valence electrons. The van der Waals surface area contributed by atoms with Gasteiger partial charge in [-0.25, -0.2) is 0 Å². The van der Waals surface area contributed by atoms with Crippen LogP contribution in [0, 0.1) is 22.3 Å². The molecular weight excluding hydrogens is 148 g/mol. The van der Waals surface area contributed by atoms with Gasteiger partial charge in [-0.15, -0.1) is 0 Å². The summed E-state index contributed by atoms with van der Waals surface area (Å²) < 4.78 is 0. The van der Waals surface area contributed by atoms with E-state index in [4.69, 9.17) is 0 Å². The first-order chi connectivity index (χ1) is 0. The van der Waals surface area contributed by atoms with Crippen LogP contribution in [0.25, 0.3) is 0 Å². The summed E-state index contributed by atoms with van der Waals surface area (Å²) in [5.74, 6) is 0. The first-order valence-corrected chi connectivity index (χ1v) is 0. The van der Waals surface area contributed by atoms with Gasteiger partial charge in [0.15, 0.2) is 0 Å². The predicted octanol–water partition coefficient (Wildman–Crippen LogP) is 1.35. The third kappa shape index (κ3) is 12.7. The Morgan fingerprint density at radius 1 is 0.500 bits per heavy atom. The summed E-state index contributed by atoms with van der Waals surface area (Å²) in [7, 11) is 0.